The number of anilines is 2. The average molecular weight is 407 g/mol. The Hall–Kier alpha value is -2.93. The molecule has 0 aliphatic carbocycles. The Kier molecular flexibility index (Phi) is 4.78. The lowest BCUT2D eigenvalue weighted by atomic mass is 9.87. The van der Waals surface area contributed by atoms with Gasteiger partial charge in [-0.1, -0.05) is 56.3 Å². The van der Waals surface area contributed by atoms with Crippen molar-refractivity contribution in [2.75, 3.05) is 16.0 Å². The fourth-order valence-corrected chi connectivity index (χ4v) is 4.08. The van der Waals surface area contributed by atoms with E-state index >= 15 is 0 Å². The van der Waals surface area contributed by atoms with E-state index in [1.165, 1.54) is 17.3 Å². The maximum Gasteiger partial charge on any atom is 0.276 e. The molecule has 4 rings (SSSR count). The number of rotatable bonds is 2. The van der Waals surface area contributed by atoms with Gasteiger partial charge in [-0.15, -0.1) is 10.2 Å². The van der Waals surface area contributed by atoms with E-state index in [9.17, 15) is 9.59 Å². The summed E-state index contributed by atoms with van der Waals surface area (Å²) >= 11 is 1.32. The van der Waals surface area contributed by atoms with Crippen LogP contribution in [0.5, 0.6) is 0 Å². The number of hydrogen-bond acceptors (Lipinski definition) is 5. The Balaban J connectivity index is 1.67. The first-order chi connectivity index (χ1) is 13.7. The molecule has 0 bridgehead atoms. The van der Waals surface area contributed by atoms with Crippen molar-refractivity contribution in [3.63, 3.8) is 0 Å². The van der Waals surface area contributed by atoms with Crippen LogP contribution in [0.4, 0.5) is 11.4 Å². The molecule has 0 atom stereocenters. The van der Waals surface area contributed by atoms with Crippen molar-refractivity contribution in [3.8, 4) is 0 Å². The molecule has 0 radical (unpaired) electrons. The van der Waals surface area contributed by atoms with E-state index in [-0.39, 0.29) is 22.9 Å². The largest absolute Gasteiger partial charge is 0.320 e. The van der Waals surface area contributed by atoms with E-state index in [1.807, 2.05) is 49.4 Å². The van der Waals surface area contributed by atoms with Crippen LogP contribution >= 0.6 is 11.8 Å². The summed E-state index contributed by atoms with van der Waals surface area (Å²) in [6.07, 6.45) is 0. The highest BCUT2D eigenvalue weighted by Gasteiger charge is 2.31. The number of nitrogens with zero attached hydrogens (tertiary/aromatic N) is 3. The van der Waals surface area contributed by atoms with Gasteiger partial charge in [-0.3, -0.25) is 14.5 Å². The molecule has 2 aromatic rings. The van der Waals surface area contributed by atoms with Gasteiger partial charge < -0.3 is 5.32 Å². The zero-order valence-electron chi connectivity index (χ0n) is 16.8. The second-order valence-corrected chi connectivity index (χ2v) is 9.09. The van der Waals surface area contributed by atoms with Crippen LogP contribution in [-0.2, 0) is 15.0 Å². The van der Waals surface area contributed by atoms with Gasteiger partial charge in [0.25, 0.3) is 5.91 Å². The molecule has 2 aliphatic rings. The minimum Gasteiger partial charge on any atom is -0.320 e. The van der Waals surface area contributed by atoms with Crippen LogP contribution < -0.4 is 10.2 Å². The van der Waals surface area contributed by atoms with Gasteiger partial charge in [0, 0.05) is 5.56 Å². The Labute approximate surface area is 174 Å². The normalized spacial score (nSPS) is 19.2. The SMILES string of the molecule is Cc1ccc2c(c1)C(=NN=C1SCC(=O)N1c1ccc(C(C)(C)C)cc1)C(=O)N2. The molecule has 2 amide bonds. The van der Waals surface area contributed by atoms with E-state index in [0.717, 1.165) is 22.5 Å². The van der Waals surface area contributed by atoms with E-state index in [4.69, 9.17) is 0 Å². The summed E-state index contributed by atoms with van der Waals surface area (Å²) < 4.78 is 0. The number of aryl methyl sites for hydroxylation is 1. The number of carbonyl (C=O) groups excluding carboxylic acids is 2. The second kappa shape index (κ2) is 7.15. The molecule has 0 saturated carbocycles. The lowest BCUT2D eigenvalue weighted by molar-refractivity contribution is -0.115. The van der Waals surface area contributed by atoms with Crippen molar-refractivity contribution in [2.45, 2.75) is 33.1 Å². The Morgan fingerprint density at radius 1 is 1.03 bits per heavy atom. The zero-order chi connectivity index (χ0) is 20.8. The van der Waals surface area contributed by atoms with Crippen LogP contribution in [0.1, 0.15) is 37.5 Å². The molecule has 1 saturated heterocycles. The molecule has 7 heteroatoms. The molecule has 1 N–H and O–H groups in total. The van der Waals surface area contributed by atoms with Crippen molar-refractivity contribution in [1.29, 1.82) is 0 Å². The highest BCUT2D eigenvalue weighted by molar-refractivity contribution is 8.15. The number of thioether (sulfide) groups is 1. The summed E-state index contributed by atoms with van der Waals surface area (Å²) in [5.74, 6) is -0.0398. The van der Waals surface area contributed by atoms with Crippen molar-refractivity contribution < 1.29 is 9.59 Å². The average Bonchev–Trinajstić information content (AvgIpc) is 3.18. The molecule has 6 nitrogen and oxygen atoms in total. The molecule has 0 aromatic heterocycles. The van der Waals surface area contributed by atoms with Gasteiger partial charge in [-0.05, 0) is 42.2 Å². The molecular formula is C22H22N4O2S. The second-order valence-electron chi connectivity index (χ2n) is 8.15. The van der Waals surface area contributed by atoms with Crippen LogP contribution in [0.15, 0.2) is 52.7 Å². The Bertz CT molecular complexity index is 1070. The van der Waals surface area contributed by atoms with Crippen LogP contribution in [0.25, 0.3) is 0 Å². The summed E-state index contributed by atoms with van der Waals surface area (Å²) in [7, 11) is 0. The van der Waals surface area contributed by atoms with E-state index < -0.39 is 0 Å². The third-order valence-corrected chi connectivity index (χ3v) is 5.80. The molecule has 29 heavy (non-hydrogen) atoms. The van der Waals surface area contributed by atoms with Gasteiger partial charge in [0.15, 0.2) is 10.9 Å². The molecule has 1 fully saturated rings. The van der Waals surface area contributed by atoms with Crippen LogP contribution in [-0.4, -0.2) is 28.4 Å². The molecule has 148 valence electrons. The predicted molar refractivity (Wildman–Crippen MR) is 119 cm³/mol. The van der Waals surface area contributed by atoms with Crippen LogP contribution in [0.3, 0.4) is 0 Å². The summed E-state index contributed by atoms with van der Waals surface area (Å²) in [5.41, 5.74) is 4.73. The minimum absolute atomic E-state index is 0.0343. The number of benzene rings is 2. The summed E-state index contributed by atoms with van der Waals surface area (Å²) in [5, 5.41) is 11.8. The Morgan fingerprint density at radius 3 is 2.45 bits per heavy atom. The van der Waals surface area contributed by atoms with Gasteiger partial charge in [-0.25, -0.2) is 0 Å². The van der Waals surface area contributed by atoms with Gasteiger partial charge in [0.05, 0.1) is 17.1 Å². The fourth-order valence-electron chi connectivity index (χ4n) is 3.26. The quantitative estimate of drug-likeness (QED) is 0.764. The molecule has 2 aliphatic heterocycles. The third kappa shape index (κ3) is 3.70. The van der Waals surface area contributed by atoms with E-state index in [0.29, 0.717) is 10.9 Å². The first-order valence-corrected chi connectivity index (χ1v) is 10.4. The smallest absolute Gasteiger partial charge is 0.276 e. The third-order valence-electron chi connectivity index (χ3n) is 4.89. The van der Waals surface area contributed by atoms with E-state index in [2.05, 4.69) is 36.3 Å². The summed E-state index contributed by atoms with van der Waals surface area (Å²) in [6.45, 7) is 8.40. The van der Waals surface area contributed by atoms with Crippen molar-refractivity contribution in [2.24, 2.45) is 10.2 Å². The molecule has 2 heterocycles. The molecule has 2 aromatic carbocycles. The number of amides is 2. The lowest BCUT2D eigenvalue weighted by Gasteiger charge is -2.21. The summed E-state index contributed by atoms with van der Waals surface area (Å²) in [6, 6.07) is 13.6. The summed E-state index contributed by atoms with van der Waals surface area (Å²) in [4.78, 5) is 26.3. The van der Waals surface area contributed by atoms with Gasteiger partial charge in [0.2, 0.25) is 5.91 Å². The molecular weight excluding hydrogens is 384 g/mol. The van der Waals surface area contributed by atoms with Crippen molar-refractivity contribution >= 4 is 45.8 Å². The number of carbonyl (C=O) groups is 2. The maximum atomic E-state index is 12.5. The number of fused-ring (bicyclic) bond motifs is 1. The maximum absolute atomic E-state index is 12.5. The highest BCUT2D eigenvalue weighted by Crippen LogP contribution is 2.30. The predicted octanol–water partition coefficient (Wildman–Crippen LogP) is 4.08. The molecule has 0 spiro atoms. The monoisotopic (exact) mass is 406 g/mol. The van der Waals surface area contributed by atoms with Crippen molar-refractivity contribution in [3.05, 3.63) is 59.2 Å². The van der Waals surface area contributed by atoms with Gasteiger partial charge in [-0.2, -0.15) is 0 Å². The number of amidine groups is 1. The minimum atomic E-state index is -0.287. The lowest BCUT2D eigenvalue weighted by Crippen LogP contribution is -2.29. The number of nitrogens with one attached hydrogen (secondary N) is 1. The standard InChI is InChI=1S/C22H22N4O2S/c1-13-5-10-17-16(11-13)19(20(28)23-17)24-25-21-26(18(27)12-29-21)15-8-6-14(7-9-15)22(2,3)4/h5-11H,12H2,1-4H3,(H,23,24,28). The first-order valence-electron chi connectivity index (χ1n) is 9.38. The highest BCUT2D eigenvalue weighted by atomic mass is 32.2. The molecule has 0 unspecified atom stereocenters. The fraction of sp³-hybridized carbons (Fsp3) is 0.273. The van der Waals surface area contributed by atoms with Gasteiger partial charge >= 0.3 is 0 Å². The van der Waals surface area contributed by atoms with Crippen LogP contribution in [0, 0.1) is 6.92 Å². The van der Waals surface area contributed by atoms with E-state index in [1.54, 1.807) is 4.90 Å². The Morgan fingerprint density at radius 2 is 1.76 bits per heavy atom. The first kappa shape index (κ1) is 19.4. The topological polar surface area (TPSA) is 74.1 Å². The number of hydrogen-bond donors (Lipinski definition) is 1. The van der Waals surface area contributed by atoms with Crippen LogP contribution in [0.2, 0.25) is 0 Å². The zero-order valence-corrected chi connectivity index (χ0v) is 17.6. The van der Waals surface area contributed by atoms with Gasteiger partial charge in [0.1, 0.15) is 0 Å². The van der Waals surface area contributed by atoms with Crippen molar-refractivity contribution in [1.82, 2.24) is 0 Å².